The summed E-state index contributed by atoms with van der Waals surface area (Å²) in [5.41, 5.74) is 10.8. The minimum absolute atomic E-state index is 0.594. The van der Waals surface area contributed by atoms with Gasteiger partial charge in [0.1, 0.15) is 0 Å². The maximum absolute atomic E-state index is 5.81. The summed E-state index contributed by atoms with van der Waals surface area (Å²) < 4.78 is 2.10. The van der Waals surface area contributed by atoms with Crippen molar-refractivity contribution in [3.63, 3.8) is 0 Å². The van der Waals surface area contributed by atoms with E-state index in [0.717, 1.165) is 26.1 Å². The molecule has 0 spiro atoms. The predicted octanol–water partition coefficient (Wildman–Crippen LogP) is 2.56. The van der Waals surface area contributed by atoms with Crippen LogP contribution in [0.4, 0.5) is 0 Å². The zero-order valence-corrected chi connectivity index (χ0v) is 13.3. The number of benzene rings is 1. The topological polar surface area (TPSA) is 47.1 Å². The highest BCUT2D eigenvalue weighted by atomic mass is 15.3. The summed E-state index contributed by atoms with van der Waals surface area (Å²) in [6.45, 7) is 7.61. The summed E-state index contributed by atoms with van der Waals surface area (Å²) >= 11 is 0. The first-order valence-corrected chi connectivity index (χ1v) is 7.68. The Bertz CT molecular complexity index is 574. The van der Waals surface area contributed by atoms with E-state index in [-0.39, 0.29) is 0 Å². The van der Waals surface area contributed by atoms with Gasteiger partial charge in [-0.05, 0) is 37.6 Å². The Morgan fingerprint density at radius 3 is 2.48 bits per heavy atom. The molecule has 1 aromatic carbocycles. The molecule has 0 fully saturated rings. The smallest absolute Gasteiger partial charge is 0.0625 e. The maximum atomic E-state index is 5.81. The van der Waals surface area contributed by atoms with Crippen molar-refractivity contribution in [1.29, 1.82) is 0 Å². The molecule has 0 aliphatic carbocycles. The van der Waals surface area contributed by atoms with E-state index in [9.17, 15) is 0 Å². The SMILES string of the molecule is CCc1cc(CN(C)Cc2ccccc2CN)n(CC)n1. The Kier molecular flexibility index (Phi) is 5.53. The molecule has 0 bridgehead atoms. The van der Waals surface area contributed by atoms with Gasteiger partial charge in [0.25, 0.3) is 0 Å². The molecule has 2 rings (SSSR count). The Morgan fingerprint density at radius 1 is 1.14 bits per heavy atom. The van der Waals surface area contributed by atoms with Crippen molar-refractivity contribution >= 4 is 0 Å². The van der Waals surface area contributed by atoms with E-state index in [1.165, 1.54) is 22.5 Å². The molecule has 4 heteroatoms. The van der Waals surface area contributed by atoms with Gasteiger partial charge in [-0.1, -0.05) is 31.2 Å². The first-order valence-electron chi connectivity index (χ1n) is 7.68. The molecule has 4 nitrogen and oxygen atoms in total. The van der Waals surface area contributed by atoms with E-state index in [4.69, 9.17) is 5.73 Å². The van der Waals surface area contributed by atoms with Crippen LogP contribution in [-0.4, -0.2) is 21.7 Å². The summed E-state index contributed by atoms with van der Waals surface area (Å²) in [5.74, 6) is 0. The third-order valence-electron chi connectivity index (χ3n) is 3.79. The molecule has 0 aliphatic heterocycles. The van der Waals surface area contributed by atoms with Gasteiger partial charge >= 0.3 is 0 Å². The van der Waals surface area contributed by atoms with E-state index in [2.05, 4.69) is 59.8 Å². The lowest BCUT2D eigenvalue weighted by Gasteiger charge is -2.19. The van der Waals surface area contributed by atoms with Gasteiger partial charge in [0.05, 0.1) is 11.4 Å². The summed E-state index contributed by atoms with van der Waals surface area (Å²) in [6.07, 6.45) is 0.986. The second-order valence-corrected chi connectivity index (χ2v) is 5.44. The average Bonchev–Trinajstić information content (AvgIpc) is 2.89. The number of nitrogens with two attached hydrogens (primary N) is 1. The van der Waals surface area contributed by atoms with Crippen molar-refractivity contribution in [3.05, 3.63) is 52.8 Å². The normalized spacial score (nSPS) is 11.3. The fourth-order valence-corrected chi connectivity index (χ4v) is 2.62. The number of hydrogen-bond donors (Lipinski definition) is 1. The standard InChI is InChI=1S/C17H26N4/c1-4-16-10-17(21(5-2)19-16)13-20(3)12-15-9-7-6-8-14(15)11-18/h6-10H,4-5,11-13,18H2,1-3H3. The molecule has 0 aliphatic rings. The van der Waals surface area contributed by atoms with Crippen LogP contribution in [0.15, 0.2) is 30.3 Å². The van der Waals surface area contributed by atoms with Crippen LogP contribution in [0.25, 0.3) is 0 Å². The van der Waals surface area contributed by atoms with E-state index >= 15 is 0 Å². The monoisotopic (exact) mass is 286 g/mol. The molecule has 1 aromatic heterocycles. The molecule has 114 valence electrons. The molecular formula is C17H26N4. The Morgan fingerprint density at radius 2 is 1.86 bits per heavy atom. The third-order valence-corrected chi connectivity index (χ3v) is 3.79. The first kappa shape index (κ1) is 15.7. The van der Waals surface area contributed by atoms with Crippen LogP contribution in [0.3, 0.4) is 0 Å². The molecule has 0 unspecified atom stereocenters. The largest absolute Gasteiger partial charge is 0.326 e. The predicted molar refractivity (Wildman–Crippen MR) is 86.8 cm³/mol. The quantitative estimate of drug-likeness (QED) is 0.851. The molecule has 1 heterocycles. The van der Waals surface area contributed by atoms with Crippen molar-refractivity contribution < 1.29 is 0 Å². The molecule has 0 atom stereocenters. The van der Waals surface area contributed by atoms with E-state index < -0.39 is 0 Å². The zero-order chi connectivity index (χ0) is 15.2. The molecule has 0 saturated heterocycles. The highest BCUT2D eigenvalue weighted by molar-refractivity contribution is 5.26. The molecule has 0 radical (unpaired) electrons. The lowest BCUT2D eigenvalue weighted by Crippen LogP contribution is -2.20. The first-order chi connectivity index (χ1) is 10.2. The van der Waals surface area contributed by atoms with Gasteiger partial charge in [0, 0.05) is 26.2 Å². The van der Waals surface area contributed by atoms with Crippen molar-refractivity contribution in [2.24, 2.45) is 5.73 Å². The zero-order valence-electron chi connectivity index (χ0n) is 13.3. The van der Waals surface area contributed by atoms with Crippen molar-refractivity contribution in [2.75, 3.05) is 7.05 Å². The Hall–Kier alpha value is -1.65. The number of aryl methyl sites for hydroxylation is 2. The number of hydrogen-bond acceptors (Lipinski definition) is 3. The van der Waals surface area contributed by atoms with Crippen LogP contribution >= 0.6 is 0 Å². The Balaban J connectivity index is 2.07. The number of nitrogens with zero attached hydrogens (tertiary/aromatic N) is 3. The summed E-state index contributed by atoms with van der Waals surface area (Å²) in [5, 5.41) is 4.61. The molecule has 0 saturated carbocycles. The van der Waals surface area contributed by atoms with Crippen molar-refractivity contribution in [3.8, 4) is 0 Å². The van der Waals surface area contributed by atoms with Crippen LogP contribution in [-0.2, 0) is 32.6 Å². The van der Waals surface area contributed by atoms with Gasteiger partial charge < -0.3 is 5.73 Å². The van der Waals surface area contributed by atoms with Crippen molar-refractivity contribution in [1.82, 2.24) is 14.7 Å². The van der Waals surface area contributed by atoms with Gasteiger partial charge in [-0.2, -0.15) is 5.10 Å². The lowest BCUT2D eigenvalue weighted by molar-refractivity contribution is 0.306. The van der Waals surface area contributed by atoms with Gasteiger partial charge in [-0.3, -0.25) is 9.58 Å². The fraction of sp³-hybridized carbons (Fsp3) is 0.471. The van der Waals surface area contributed by atoms with Crippen LogP contribution in [0.1, 0.15) is 36.4 Å². The maximum Gasteiger partial charge on any atom is 0.0625 e. The minimum atomic E-state index is 0.594. The van der Waals surface area contributed by atoms with Crippen LogP contribution in [0, 0.1) is 0 Å². The van der Waals surface area contributed by atoms with Gasteiger partial charge in [0.15, 0.2) is 0 Å². The highest BCUT2D eigenvalue weighted by Crippen LogP contribution is 2.13. The molecule has 2 N–H and O–H groups in total. The van der Waals surface area contributed by atoms with E-state index in [0.29, 0.717) is 6.54 Å². The summed E-state index contributed by atoms with van der Waals surface area (Å²) in [4.78, 5) is 2.32. The van der Waals surface area contributed by atoms with Crippen LogP contribution in [0.2, 0.25) is 0 Å². The number of aromatic nitrogens is 2. The van der Waals surface area contributed by atoms with Gasteiger partial charge in [0.2, 0.25) is 0 Å². The average molecular weight is 286 g/mol. The lowest BCUT2D eigenvalue weighted by atomic mass is 10.1. The molecule has 0 amide bonds. The Labute approximate surface area is 127 Å². The van der Waals surface area contributed by atoms with E-state index in [1.807, 2.05) is 6.07 Å². The fourth-order valence-electron chi connectivity index (χ4n) is 2.62. The second kappa shape index (κ2) is 7.38. The molecule has 2 aromatic rings. The highest BCUT2D eigenvalue weighted by Gasteiger charge is 2.10. The second-order valence-electron chi connectivity index (χ2n) is 5.44. The summed E-state index contributed by atoms with van der Waals surface area (Å²) in [6, 6.07) is 10.6. The van der Waals surface area contributed by atoms with Crippen LogP contribution in [0.5, 0.6) is 0 Å². The van der Waals surface area contributed by atoms with E-state index in [1.54, 1.807) is 0 Å². The van der Waals surface area contributed by atoms with Crippen molar-refractivity contribution in [2.45, 2.75) is 46.4 Å². The minimum Gasteiger partial charge on any atom is -0.326 e. The van der Waals surface area contributed by atoms with Gasteiger partial charge in [-0.15, -0.1) is 0 Å². The summed E-state index contributed by atoms with van der Waals surface area (Å²) in [7, 11) is 2.14. The van der Waals surface area contributed by atoms with Crippen LogP contribution < -0.4 is 5.73 Å². The molecule has 21 heavy (non-hydrogen) atoms. The number of rotatable bonds is 7. The third kappa shape index (κ3) is 3.93. The molecular weight excluding hydrogens is 260 g/mol. The van der Waals surface area contributed by atoms with Gasteiger partial charge in [-0.25, -0.2) is 0 Å².